The molecule has 4 rings (SSSR count). The monoisotopic (exact) mass is 467 g/mol. The highest BCUT2D eigenvalue weighted by Gasteiger charge is 2.32. The summed E-state index contributed by atoms with van der Waals surface area (Å²) in [7, 11) is -3.75. The molecule has 1 N–H and O–H groups in total. The van der Waals surface area contributed by atoms with E-state index in [1.54, 1.807) is 20.8 Å². The van der Waals surface area contributed by atoms with Gasteiger partial charge in [-0.3, -0.25) is 9.69 Å². The number of benzene rings is 1. The second-order valence-electron chi connectivity index (χ2n) is 8.45. The zero-order valence-electron chi connectivity index (χ0n) is 17.6. The van der Waals surface area contributed by atoms with E-state index in [0.29, 0.717) is 32.7 Å². The highest BCUT2D eigenvalue weighted by atomic mass is 32.2. The molecule has 1 aromatic heterocycles. The zero-order valence-corrected chi connectivity index (χ0v) is 19.3. The number of sulfonamides is 1. The van der Waals surface area contributed by atoms with E-state index < -0.39 is 15.4 Å². The summed E-state index contributed by atoms with van der Waals surface area (Å²) in [5, 5.41) is 10.4. The fraction of sp³-hybridized carbons (Fsp3) is 0.526. The molecule has 1 aromatic carbocycles. The Hall–Kier alpha value is -2.28. The van der Waals surface area contributed by atoms with Crippen molar-refractivity contribution in [2.24, 2.45) is 5.41 Å². The Labute approximate surface area is 185 Å². The second-order valence-corrected chi connectivity index (χ2v) is 11.5. The molecule has 10 nitrogen and oxygen atoms in total. The molecule has 31 heavy (non-hydrogen) atoms. The molecular formula is C19H25N5O5S2. The lowest BCUT2D eigenvalue weighted by Crippen LogP contribution is -2.48. The molecule has 0 spiro atoms. The van der Waals surface area contributed by atoms with Crippen molar-refractivity contribution in [1.29, 1.82) is 0 Å². The van der Waals surface area contributed by atoms with Gasteiger partial charge in [0.1, 0.15) is 0 Å². The molecule has 168 valence electrons. The fourth-order valence-electron chi connectivity index (χ4n) is 3.19. The quantitative estimate of drug-likeness (QED) is 0.662. The average Bonchev–Trinajstić information content (AvgIpc) is 3.37. The number of ether oxygens (including phenoxy) is 2. The standard InChI is InChI=1S/C19H25N5O5S2/c1-19(2,3)16(25)20-17-21-22-18(30-17)31(26,27)24-8-6-23(7-9-24)11-13-4-5-14-15(10-13)29-12-28-14/h4-5,10H,6-9,11-12H2,1-3H3,(H,20,21,25). The van der Waals surface area contributed by atoms with Crippen LogP contribution in [0.1, 0.15) is 26.3 Å². The van der Waals surface area contributed by atoms with Gasteiger partial charge in [0.15, 0.2) is 11.5 Å². The van der Waals surface area contributed by atoms with Gasteiger partial charge in [-0.25, -0.2) is 8.42 Å². The van der Waals surface area contributed by atoms with E-state index in [9.17, 15) is 13.2 Å². The molecular weight excluding hydrogens is 442 g/mol. The molecule has 1 fully saturated rings. The van der Waals surface area contributed by atoms with Crippen molar-refractivity contribution in [3.05, 3.63) is 23.8 Å². The number of fused-ring (bicyclic) bond motifs is 1. The summed E-state index contributed by atoms with van der Waals surface area (Å²) in [6, 6.07) is 5.84. The lowest BCUT2D eigenvalue weighted by atomic mass is 9.96. The Morgan fingerprint density at radius 1 is 1.13 bits per heavy atom. The second kappa shape index (κ2) is 8.34. The van der Waals surface area contributed by atoms with Crippen molar-refractivity contribution < 1.29 is 22.7 Å². The number of nitrogens with zero attached hydrogens (tertiary/aromatic N) is 4. The minimum absolute atomic E-state index is 0.110. The van der Waals surface area contributed by atoms with Crippen molar-refractivity contribution in [3.8, 4) is 11.5 Å². The highest BCUT2D eigenvalue weighted by Crippen LogP contribution is 2.33. The predicted molar refractivity (Wildman–Crippen MR) is 115 cm³/mol. The molecule has 0 atom stereocenters. The first-order chi connectivity index (χ1) is 14.6. The molecule has 2 aliphatic rings. The number of carbonyl (C=O) groups is 1. The molecule has 1 amide bonds. The van der Waals surface area contributed by atoms with Crippen molar-refractivity contribution in [2.45, 2.75) is 31.7 Å². The predicted octanol–water partition coefficient (Wildman–Crippen LogP) is 1.76. The van der Waals surface area contributed by atoms with E-state index in [-0.39, 0.29) is 22.2 Å². The summed E-state index contributed by atoms with van der Waals surface area (Å²) in [6.45, 7) is 8.15. The molecule has 0 radical (unpaired) electrons. The maximum atomic E-state index is 12.9. The zero-order chi connectivity index (χ0) is 22.2. The summed E-state index contributed by atoms with van der Waals surface area (Å²) in [5.41, 5.74) is 0.475. The van der Waals surface area contributed by atoms with Gasteiger partial charge in [-0.15, -0.1) is 10.2 Å². The maximum Gasteiger partial charge on any atom is 0.272 e. The average molecular weight is 468 g/mol. The van der Waals surface area contributed by atoms with Crippen molar-refractivity contribution >= 4 is 32.4 Å². The van der Waals surface area contributed by atoms with Crippen LogP contribution < -0.4 is 14.8 Å². The molecule has 0 bridgehead atoms. The minimum Gasteiger partial charge on any atom is -0.454 e. The minimum atomic E-state index is -3.75. The van der Waals surface area contributed by atoms with Crippen LogP contribution >= 0.6 is 11.3 Å². The lowest BCUT2D eigenvalue weighted by Gasteiger charge is -2.33. The van der Waals surface area contributed by atoms with Crippen LogP contribution in [0.15, 0.2) is 22.5 Å². The topological polar surface area (TPSA) is 114 Å². The lowest BCUT2D eigenvalue weighted by molar-refractivity contribution is -0.123. The number of rotatable bonds is 5. The third-order valence-electron chi connectivity index (χ3n) is 5.04. The third-order valence-corrected chi connectivity index (χ3v) is 8.13. The molecule has 0 aliphatic carbocycles. The normalized spacial score (nSPS) is 17.6. The van der Waals surface area contributed by atoms with Crippen LogP contribution in [0, 0.1) is 5.41 Å². The number of piperazine rings is 1. The van der Waals surface area contributed by atoms with Gasteiger partial charge in [0, 0.05) is 38.1 Å². The SMILES string of the molecule is CC(C)(C)C(=O)Nc1nnc(S(=O)(=O)N2CCN(Cc3ccc4c(c3)OCO4)CC2)s1. The number of anilines is 1. The molecule has 2 aliphatic heterocycles. The van der Waals surface area contributed by atoms with Crippen LogP contribution in [0.25, 0.3) is 0 Å². The van der Waals surface area contributed by atoms with Gasteiger partial charge in [0.25, 0.3) is 10.0 Å². The van der Waals surface area contributed by atoms with Crippen molar-refractivity contribution in [3.63, 3.8) is 0 Å². The number of nitrogens with one attached hydrogen (secondary N) is 1. The van der Waals surface area contributed by atoms with Crippen LogP contribution in [0.4, 0.5) is 5.13 Å². The summed E-state index contributed by atoms with van der Waals surface area (Å²) >= 11 is 0.870. The van der Waals surface area contributed by atoms with Crippen molar-refractivity contribution in [1.82, 2.24) is 19.4 Å². The molecule has 2 aromatic rings. The Bertz CT molecular complexity index is 1070. The van der Waals surface area contributed by atoms with E-state index >= 15 is 0 Å². The first-order valence-electron chi connectivity index (χ1n) is 9.89. The fourth-order valence-corrected chi connectivity index (χ4v) is 5.64. The van der Waals surface area contributed by atoms with Gasteiger partial charge < -0.3 is 14.8 Å². The largest absolute Gasteiger partial charge is 0.454 e. The van der Waals surface area contributed by atoms with Crippen molar-refractivity contribution in [2.75, 3.05) is 38.3 Å². The van der Waals surface area contributed by atoms with Crippen LogP contribution in [0.5, 0.6) is 11.5 Å². The summed E-state index contributed by atoms with van der Waals surface area (Å²) < 4.78 is 38.0. The van der Waals surface area contributed by atoms with Gasteiger partial charge in [0.05, 0.1) is 0 Å². The smallest absolute Gasteiger partial charge is 0.272 e. The van der Waals surface area contributed by atoms with E-state index in [1.807, 2.05) is 18.2 Å². The van der Waals surface area contributed by atoms with Gasteiger partial charge in [-0.05, 0) is 17.7 Å². The van der Waals surface area contributed by atoms with Crippen LogP contribution in [0.3, 0.4) is 0 Å². The highest BCUT2D eigenvalue weighted by molar-refractivity contribution is 7.91. The Morgan fingerprint density at radius 3 is 2.55 bits per heavy atom. The molecule has 3 heterocycles. The molecule has 12 heteroatoms. The first-order valence-corrected chi connectivity index (χ1v) is 12.1. The number of hydrogen-bond donors (Lipinski definition) is 1. The van der Waals surface area contributed by atoms with E-state index in [0.717, 1.165) is 28.4 Å². The summed E-state index contributed by atoms with van der Waals surface area (Å²) in [4.78, 5) is 14.3. The molecule has 0 saturated carbocycles. The van der Waals surface area contributed by atoms with Gasteiger partial charge >= 0.3 is 0 Å². The number of aromatic nitrogens is 2. The first kappa shape index (κ1) is 21.9. The van der Waals surface area contributed by atoms with E-state index in [1.165, 1.54) is 4.31 Å². The Kier molecular flexibility index (Phi) is 5.90. The van der Waals surface area contributed by atoms with Crippen LogP contribution in [-0.2, 0) is 21.4 Å². The number of carbonyl (C=O) groups excluding carboxylic acids is 1. The van der Waals surface area contributed by atoms with Gasteiger partial charge in [0.2, 0.25) is 22.2 Å². The maximum absolute atomic E-state index is 12.9. The Balaban J connectivity index is 1.35. The molecule has 1 saturated heterocycles. The third kappa shape index (κ3) is 4.81. The summed E-state index contributed by atoms with van der Waals surface area (Å²) in [5.74, 6) is 1.24. The van der Waals surface area contributed by atoms with Gasteiger partial charge in [-0.2, -0.15) is 4.31 Å². The van der Waals surface area contributed by atoms with E-state index in [4.69, 9.17) is 9.47 Å². The van der Waals surface area contributed by atoms with Crippen LogP contribution in [-0.4, -0.2) is 66.7 Å². The number of hydrogen-bond acceptors (Lipinski definition) is 9. The number of amides is 1. The van der Waals surface area contributed by atoms with E-state index in [2.05, 4.69) is 20.4 Å². The van der Waals surface area contributed by atoms with Crippen LogP contribution in [0.2, 0.25) is 0 Å². The molecule has 0 unspecified atom stereocenters. The van der Waals surface area contributed by atoms with Gasteiger partial charge in [-0.1, -0.05) is 38.2 Å². The summed E-state index contributed by atoms with van der Waals surface area (Å²) in [6.07, 6.45) is 0. The Morgan fingerprint density at radius 2 is 1.84 bits per heavy atom.